The van der Waals surface area contributed by atoms with E-state index in [2.05, 4.69) is 6.92 Å². The van der Waals surface area contributed by atoms with Crippen LogP contribution in [-0.4, -0.2) is 66.1 Å². The van der Waals surface area contributed by atoms with Crippen molar-refractivity contribution < 1.29 is 28.7 Å². The van der Waals surface area contributed by atoms with Crippen LogP contribution in [0.2, 0.25) is 0 Å². The van der Waals surface area contributed by atoms with Crippen LogP contribution < -0.4 is 0 Å². The summed E-state index contributed by atoms with van der Waals surface area (Å²) in [6.07, 6.45) is 13.2. The van der Waals surface area contributed by atoms with Crippen LogP contribution in [0.15, 0.2) is 0 Å². The summed E-state index contributed by atoms with van der Waals surface area (Å²) in [5, 5.41) is 0. The van der Waals surface area contributed by atoms with Crippen molar-refractivity contribution in [3.63, 3.8) is 0 Å². The summed E-state index contributed by atoms with van der Waals surface area (Å²) in [6.45, 7) is 10.1. The second-order valence-corrected chi connectivity index (χ2v) is 6.86. The van der Waals surface area contributed by atoms with E-state index in [9.17, 15) is 0 Å². The normalized spacial score (nSPS) is 11.4. The van der Waals surface area contributed by atoms with Crippen LogP contribution in [0.1, 0.15) is 78.1 Å². The maximum absolute atomic E-state index is 5.41. The first-order chi connectivity index (χ1) is 13.9. The van der Waals surface area contributed by atoms with Gasteiger partial charge in [0.2, 0.25) is 0 Å². The molecule has 0 aromatic heterocycles. The summed E-state index contributed by atoms with van der Waals surface area (Å²) in [5.41, 5.74) is 0. The van der Waals surface area contributed by atoms with Crippen molar-refractivity contribution in [3.05, 3.63) is 0 Å². The second kappa shape index (κ2) is 26.8. The van der Waals surface area contributed by atoms with Crippen molar-refractivity contribution in [1.29, 1.82) is 0 Å². The van der Waals surface area contributed by atoms with E-state index in [4.69, 9.17) is 28.7 Å². The minimum absolute atomic E-state index is 0.457. The van der Waals surface area contributed by atoms with Crippen molar-refractivity contribution in [1.82, 2.24) is 0 Å². The van der Waals surface area contributed by atoms with Crippen LogP contribution in [0.4, 0.5) is 0 Å². The summed E-state index contributed by atoms with van der Waals surface area (Å²) in [5.74, 6) is 0. The molecule has 0 saturated carbocycles. The summed E-state index contributed by atoms with van der Waals surface area (Å²) in [4.78, 5) is 10.3. The Balaban J connectivity index is 2.96. The van der Waals surface area contributed by atoms with Crippen molar-refractivity contribution in [3.8, 4) is 0 Å². The predicted octanol–water partition coefficient (Wildman–Crippen LogP) is 4.94. The molecule has 0 heterocycles. The average molecular weight is 407 g/mol. The molecule has 0 atom stereocenters. The second-order valence-electron chi connectivity index (χ2n) is 6.86. The molecule has 6 heteroatoms. The fourth-order valence-corrected chi connectivity index (χ4v) is 2.66. The lowest BCUT2D eigenvalue weighted by Gasteiger charge is -2.07. The summed E-state index contributed by atoms with van der Waals surface area (Å²) in [7, 11) is 0. The highest BCUT2D eigenvalue weighted by molar-refractivity contribution is 4.47. The monoisotopic (exact) mass is 406 g/mol. The Morgan fingerprint density at radius 3 is 1.25 bits per heavy atom. The molecule has 0 radical (unpaired) electrons. The van der Waals surface area contributed by atoms with Gasteiger partial charge in [0.1, 0.15) is 6.61 Å². The molecule has 0 aliphatic heterocycles. The van der Waals surface area contributed by atoms with Crippen molar-refractivity contribution in [2.45, 2.75) is 78.1 Å². The topological polar surface area (TPSA) is 55.4 Å². The Kier molecular flexibility index (Phi) is 26.5. The molecule has 0 unspecified atom stereocenters. The molecule has 0 aliphatic carbocycles. The molecule has 28 heavy (non-hydrogen) atoms. The molecule has 0 spiro atoms. The Labute approximate surface area is 173 Å². The first kappa shape index (κ1) is 27.8. The third kappa shape index (κ3) is 25.8. The van der Waals surface area contributed by atoms with Crippen LogP contribution >= 0.6 is 0 Å². The third-order valence-electron chi connectivity index (χ3n) is 4.30. The minimum atomic E-state index is 0.457. The van der Waals surface area contributed by atoms with Gasteiger partial charge in [-0.15, -0.1) is 0 Å². The summed E-state index contributed by atoms with van der Waals surface area (Å²) < 4.78 is 21.3. The molecule has 0 bridgehead atoms. The van der Waals surface area contributed by atoms with E-state index in [1.807, 2.05) is 6.92 Å². The van der Waals surface area contributed by atoms with Gasteiger partial charge in [0.15, 0.2) is 0 Å². The van der Waals surface area contributed by atoms with Gasteiger partial charge in [0.25, 0.3) is 0 Å². The smallest absolute Gasteiger partial charge is 0.106 e. The molecule has 6 nitrogen and oxygen atoms in total. The van der Waals surface area contributed by atoms with E-state index in [0.29, 0.717) is 59.5 Å². The average Bonchev–Trinajstić information content (AvgIpc) is 2.71. The van der Waals surface area contributed by atoms with Crippen molar-refractivity contribution in [2.75, 3.05) is 66.1 Å². The highest BCUT2D eigenvalue weighted by Crippen LogP contribution is 2.10. The molecular weight excluding hydrogens is 360 g/mol. The van der Waals surface area contributed by atoms with E-state index >= 15 is 0 Å². The maximum atomic E-state index is 5.41. The minimum Gasteiger partial charge on any atom is -0.379 e. The molecule has 0 aromatic carbocycles. The van der Waals surface area contributed by atoms with E-state index in [1.165, 1.54) is 57.8 Å². The standard InChI is InChI=1S/C22H46O6/c1-3-5-6-7-8-9-10-11-12-13-14-27-28-22-21-26-20-19-25-18-17-24-16-15-23-4-2/h3-22H2,1-2H3. The Morgan fingerprint density at radius 2 is 0.750 bits per heavy atom. The van der Waals surface area contributed by atoms with E-state index < -0.39 is 0 Å². The zero-order valence-corrected chi connectivity index (χ0v) is 18.6. The van der Waals surface area contributed by atoms with Crippen molar-refractivity contribution >= 4 is 0 Å². The first-order valence-electron chi connectivity index (χ1n) is 11.5. The largest absolute Gasteiger partial charge is 0.379 e. The Hall–Kier alpha value is -0.240. The lowest BCUT2D eigenvalue weighted by Crippen LogP contribution is -2.13. The number of hydrogen-bond acceptors (Lipinski definition) is 6. The van der Waals surface area contributed by atoms with Crippen LogP contribution in [0, 0.1) is 0 Å². The third-order valence-corrected chi connectivity index (χ3v) is 4.30. The number of hydrogen-bond donors (Lipinski definition) is 0. The van der Waals surface area contributed by atoms with Gasteiger partial charge in [-0.25, -0.2) is 9.78 Å². The highest BCUT2D eigenvalue weighted by atomic mass is 17.2. The SMILES string of the molecule is CCCCCCCCCCCCOOCCOCCOCCOCCOCC. The fourth-order valence-electron chi connectivity index (χ4n) is 2.66. The summed E-state index contributed by atoms with van der Waals surface area (Å²) >= 11 is 0. The van der Waals surface area contributed by atoms with Crippen LogP contribution in [0.5, 0.6) is 0 Å². The van der Waals surface area contributed by atoms with E-state index in [-0.39, 0.29) is 0 Å². The molecule has 0 amide bonds. The van der Waals surface area contributed by atoms with Gasteiger partial charge < -0.3 is 18.9 Å². The molecule has 0 N–H and O–H groups in total. The van der Waals surface area contributed by atoms with Gasteiger partial charge in [-0.1, -0.05) is 64.7 Å². The zero-order valence-electron chi connectivity index (χ0n) is 18.6. The van der Waals surface area contributed by atoms with Gasteiger partial charge >= 0.3 is 0 Å². The maximum Gasteiger partial charge on any atom is 0.106 e. The Bertz CT molecular complexity index is 239. The molecule has 0 saturated heterocycles. The van der Waals surface area contributed by atoms with Crippen LogP contribution in [-0.2, 0) is 28.7 Å². The van der Waals surface area contributed by atoms with Gasteiger partial charge in [0.05, 0.1) is 52.9 Å². The van der Waals surface area contributed by atoms with E-state index in [0.717, 1.165) is 13.0 Å². The van der Waals surface area contributed by atoms with Crippen LogP contribution in [0.3, 0.4) is 0 Å². The first-order valence-corrected chi connectivity index (χ1v) is 11.5. The summed E-state index contributed by atoms with van der Waals surface area (Å²) in [6, 6.07) is 0. The van der Waals surface area contributed by atoms with Crippen molar-refractivity contribution in [2.24, 2.45) is 0 Å². The highest BCUT2D eigenvalue weighted by Gasteiger charge is 1.95. The molecule has 0 rings (SSSR count). The molecular formula is C22H46O6. The van der Waals surface area contributed by atoms with Gasteiger partial charge in [-0.2, -0.15) is 0 Å². The predicted molar refractivity (Wildman–Crippen MR) is 113 cm³/mol. The number of rotatable bonds is 25. The lowest BCUT2D eigenvalue weighted by atomic mass is 10.1. The quantitative estimate of drug-likeness (QED) is 0.122. The van der Waals surface area contributed by atoms with E-state index in [1.54, 1.807) is 0 Å². The fraction of sp³-hybridized carbons (Fsp3) is 1.00. The van der Waals surface area contributed by atoms with Gasteiger partial charge in [-0.3, -0.25) is 0 Å². The zero-order chi connectivity index (χ0) is 20.4. The Morgan fingerprint density at radius 1 is 0.357 bits per heavy atom. The van der Waals surface area contributed by atoms with Gasteiger partial charge in [0, 0.05) is 6.61 Å². The number of ether oxygens (including phenoxy) is 4. The lowest BCUT2D eigenvalue weighted by molar-refractivity contribution is -0.299. The van der Waals surface area contributed by atoms with Crippen LogP contribution in [0.25, 0.3) is 0 Å². The van der Waals surface area contributed by atoms with Gasteiger partial charge in [-0.05, 0) is 13.3 Å². The number of unbranched alkanes of at least 4 members (excludes halogenated alkanes) is 9. The molecule has 170 valence electrons. The molecule has 0 fully saturated rings. The molecule has 0 aromatic rings. The molecule has 0 aliphatic rings.